The summed E-state index contributed by atoms with van der Waals surface area (Å²) in [5, 5.41) is 11.9. The summed E-state index contributed by atoms with van der Waals surface area (Å²) in [6.45, 7) is 1.99. The molecule has 0 aliphatic heterocycles. The number of anilines is 1. The molecule has 0 spiro atoms. The standard InChI is InChI=1S/C16H13ClN2O/c1-11-3-2-4-12(7-11)9-16(20)19-15-6-5-13(10-18)8-14(15)17/h2-8H,9H2,1H3,(H,19,20). The Morgan fingerprint density at radius 1 is 1.30 bits per heavy atom. The van der Waals surface area contributed by atoms with Gasteiger partial charge in [-0.2, -0.15) is 5.26 Å². The van der Waals surface area contributed by atoms with Gasteiger partial charge in [-0.3, -0.25) is 4.79 Å². The van der Waals surface area contributed by atoms with Crippen LogP contribution in [0.1, 0.15) is 16.7 Å². The van der Waals surface area contributed by atoms with Crippen molar-refractivity contribution in [3.05, 3.63) is 64.2 Å². The Balaban J connectivity index is 2.07. The number of nitriles is 1. The zero-order valence-corrected chi connectivity index (χ0v) is 11.7. The van der Waals surface area contributed by atoms with E-state index in [1.165, 1.54) is 6.07 Å². The summed E-state index contributed by atoms with van der Waals surface area (Å²) in [6, 6.07) is 14.6. The molecule has 0 atom stereocenters. The number of rotatable bonds is 3. The SMILES string of the molecule is Cc1cccc(CC(=O)Nc2ccc(C#N)cc2Cl)c1. The molecule has 2 aromatic rings. The van der Waals surface area contributed by atoms with Crippen LogP contribution in [-0.2, 0) is 11.2 Å². The number of hydrogen-bond acceptors (Lipinski definition) is 2. The van der Waals surface area contributed by atoms with E-state index in [-0.39, 0.29) is 12.3 Å². The molecule has 1 N–H and O–H groups in total. The van der Waals surface area contributed by atoms with Crippen molar-refractivity contribution in [2.75, 3.05) is 5.32 Å². The number of carbonyl (C=O) groups excluding carboxylic acids is 1. The van der Waals surface area contributed by atoms with Crippen molar-refractivity contribution >= 4 is 23.2 Å². The third-order valence-corrected chi connectivity index (χ3v) is 3.13. The fourth-order valence-corrected chi connectivity index (χ4v) is 2.12. The molecule has 0 fully saturated rings. The first-order chi connectivity index (χ1) is 9.58. The fraction of sp³-hybridized carbons (Fsp3) is 0.125. The molecule has 0 aliphatic rings. The van der Waals surface area contributed by atoms with Gasteiger partial charge in [-0.15, -0.1) is 0 Å². The molecule has 2 aromatic carbocycles. The van der Waals surface area contributed by atoms with E-state index in [1.54, 1.807) is 12.1 Å². The number of hydrogen-bond donors (Lipinski definition) is 1. The number of carbonyl (C=O) groups is 1. The molecule has 1 amide bonds. The smallest absolute Gasteiger partial charge is 0.228 e. The highest BCUT2D eigenvalue weighted by atomic mass is 35.5. The van der Waals surface area contributed by atoms with Crippen LogP contribution in [0.4, 0.5) is 5.69 Å². The lowest BCUT2D eigenvalue weighted by molar-refractivity contribution is -0.115. The average Bonchev–Trinajstić information content (AvgIpc) is 2.41. The number of nitrogens with one attached hydrogen (secondary N) is 1. The molecule has 0 aromatic heterocycles. The van der Waals surface area contributed by atoms with Crippen molar-refractivity contribution < 1.29 is 4.79 Å². The zero-order valence-electron chi connectivity index (χ0n) is 11.0. The lowest BCUT2D eigenvalue weighted by Gasteiger charge is -2.08. The molecule has 20 heavy (non-hydrogen) atoms. The van der Waals surface area contributed by atoms with Gasteiger partial charge in [0.1, 0.15) is 0 Å². The minimum absolute atomic E-state index is 0.137. The molecular formula is C16H13ClN2O. The molecule has 0 saturated heterocycles. The Labute approximate surface area is 122 Å². The number of benzene rings is 2. The van der Waals surface area contributed by atoms with Crippen LogP contribution in [0, 0.1) is 18.3 Å². The summed E-state index contributed by atoms with van der Waals surface area (Å²) in [4.78, 5) is 12.0. The topological polar surface area (TPSA) is 52.9 Å². The normalized spacial score (nSPS) is 9.85. The van der Waals surface area contributed by atoms with Crippen molar-refractivity contribution in [1.29, 1.82) is 5.26 Å². The zero-order chi connectivity index (χ0) is 14.5. The maximum atomic E-state index is 12.0. The van der Waals surface area contributed by atoms with E-state index in [4.69, 9.17) is 16.9 Å². The minimum atomic E-state index is -0.137. The predicted octanol–water partition coefficient (Wildman–Crippen LogP) is 3.70. The van der Waals surface area contributed by atoms with Crippen molar-refractivity contribution in [3.8, 4) is 6.07 Å². The van der Waals surface area contributed by atoms with Crippen molar-refractivity contribution in [3.63, 3.8) is 0 Å². The highest BCUT2D eigenvalue weighted by molar-refractivity contribution is 6.33. The summed E-state index contributed by atoms with van der Waals surface area (Å²) >= 11 is 6.01. The maximum absolute atomic E-state index is 12.0. The van der Waals surface area contributed by atoms with Gasteiger partial charge in [0.2, 0.25) is 5.91 Å². The van der Waals surface area contributed by atoms with Gasteiger partial charge in [0.15, 0.2) is 0 Å². The van der Waals surface area contributed by atoms with Crippen LogP contribution in [0.5, 0.6) is 0 Å². The van der Waals surface area contributed by atoms with Crippen LogP contribution in [0.2, 0.25) is 5.02 Å². The van der Waals surface area contributed by atoms with E-state index in [1.807, 2.05) is 37.3 Å². The number of aryl methyl sites for hydroxylation is 1. The van der Waals surface area contributed by atoms with E-state index in [0.717, 1.165) is 11.1 Å². The van der Waals surface area contributed by atoms with Crippen molar-refractivity contribution in [1.82, 2.24) is 0 Å². The Morgan fingerprint density at radius 3 is 2.75 bits per heavy atom. The van der Waals surface area contributed by atoms with Crippen LogP contribution in [0.25, 0.3) is 0 Å². The fourth-order valence-electron chi connectivity index (χ4n) is 1.89. The molecule has 3 nitrogen and oxygen atoms in total. The monoisotopic (exact) mass is 284 g/mol. The first-order valence-electron chi connectivity index (χ1n) is 6.13. The minimum Gasteiger partial charge on any atom is -0.324 e. The highest BCUT2D eigenvalue weighted by Crippen LogP contribution is 2.23. The van der Waals surface area contributed by atoms with Crippen molar-refractivity contribution in [2.45, 2.75) is 13.3 Å². The summed E-state index contributed by atoms with van der Waals surface area (Å²) in [5.41, 5.74) is 3.05. The van der Waals surface area contributed by atoms with Crippen LogP contribution in [-0.4, -0.2) is 5.91 Å². The van der Waals surface area contributed by atoms with Gasteiger partial charge < -0.3 is 5.32 Å². The third-order valence-electron chi connectivity index (χ3n) is 2.82. The number of nitrogens with zero attached hydrogens (tertiary/aromatic N) is 1. The summed E-state index contributed by atoms with van der Waals surface area (Å²) in [6.07, 6.45) is 0.290. The van der Waals surface area contributed by atoms with E-state index >= 15 is 0 Å². The molecule has 0 aliphatic carbocycles. The van der Waals surface area contributed by atoms with Crippen LogP contribution >= 0.6 is 11.6 Å². The van der Waals surface area contributed by atoms with E-state index in [0.29, 0.717) is 16.3 Å². The maximum Gasteiger partial charge on any atom is 0.228 e. The van der Waals surface area contributed by atoms with Gasteiger partial charge in [0, 0.05) is 0 Å². The van der Waals surface area contributed by atoms with Gasteiger partial charge in [0.25, 0.3) is 0 Å². The molecule has 0 saturated carbocycles. The molecule has 0 unspecified atom stereocenters. The Kier molecular flexibility index (Phi) is 4.39. The predicted molar refractivity (Wildman–Crippen MR) is 79.7 cm³/mol. The van der Waals surface area contributed by atoms with Gasteiger partial charge in [0.05, 0.1) is 28.8 Å². The summed E-state index contributed by atoms with van der Waals surface area (Å²) in [7, 11) is 0. The van der Waals surface area contributed by atoms with Crippen LogP contribution in [0.15, 0.2) is 42.5 Å². The number of amides is 1. The third kappa shape index (κ3) is 3.59. The molecule has 100 valence electrons. The van der Waals surface area contributed by atoms with E-state index in [2.05, 4.69) is 5.32 Å². The van der Waals surface area contributed by atoms with Gasteiger partial charge in [-0.25, -0.2) is 0 Å². The van der Waals surface area contributed by atoms with E-state index < -0.39 is 0 Å². The quantitative estimate of drug-likeness (QED) is 0.934. The van der Waals surface area contributed by atoms with Gasteiger partial charge in [-0.05, 0) is 30.7 Å². The first kappa shape index (κ1) is 14.1. The largest absolute Gasteiger partial charge is 0.324 e. The highest BCUT2D eigenvalue weighted by Gasteiger charge is 2.07. The second-order valence-corrected chi connectivity index (χ2v) is 4.93. The lowest BCUT2D eigenvalue weighted by Crippen LogP contribution is -2.14. The molecule has 2 rings (SSSR count). The Hall–Kier alpha value is -2.31. The first-order valence-corrected chi connectivity index (χ1v) is 6.51. The molecular weight excluding hydrogens is 272 g/mol. The summed E-state index contributed by atoms with van der Waals surface area (Å²) in [5.74, 6) is -0.137. The lowest BCUT2D eigenvalue weighted by atomic mass is 10.1. The Bertz CT molecular complexity index is 689. The number of halogens is 1. The molecule has 0 radical (unpaired) electrons. The van der Waals surface area contributed by atoms with Crippen molar-refractivity contribution in [2.24, 2.45) is 0 Å². The van der Waals surface area contributed by atoms with Crippen LogP contribution < -0.4 is 5.32 Å². The molecule has 4 heteroatoms. The molecule has 0 heterocycles. The van der Waals surface area contributed by atoms with Gasteiger partial charge in [-0.1, -0.05) is 41.4 Å². The second-order valence-electron chi connectivity index (χ2n) is 4.52. The van der Waals surface area contributed by atoms with Crippen LogP contribution in [0.3, 0.4) is 0 Å². The van der Waals surface area contributed by atoms with E-state index in [9.17, 15) is 4.79 Å². The Morgan fingerprint density at radius 2 is 2.10 bits per heavy atom. The molecule has 0 bridgehead atoms. The summed E-state index contributed by atoms with van der Waals surface area (Å²) < 4.78 is 0. The van der Waals surface area contributed by atoms with Gasteiger partial charge >= 0.3 is 0 Å². The average molecular weight is 285 g/mol. The second kappa shape index (κ2) is 6.23.